The molecule has 3 nitrogen and oxygen atoms in total. The van der Waals surface area contributed by atoms with Crippen LogP contribution < -0.4 is 0 Å². The van der Waals surface area contributed by atoms with Crippen LogP contribution in [0.3, 0.4) is 0 Å². The average molecular weight is 191 g/mol. The van der Waals surface area contributed by atoms with Crippen LogP contribution in [0, 0.1) is 0 Å². The Kier molecular flexibility index (Phi) is 2.48. The zero-order chi connectivity index (χ0) is 9.97. The van der Waals surface area contributed by atoms with Crippen LogP contribution in [-0.2, 0) is 9.59 Å². The smallest absolute Gasteiger partial charge is 0.247 e. The van der Waals surface area contributed by atoms with Gasteiger partial charge >= 0.3 is 0 Å². The molecule has 0 aromatic rings. The highest BCUT2D eigenvalue weighted by Gasteiger charge is 2.26. The van der Waals surface area contributed by atoms with Crippen molar-refractivity contribution >= 4 is 12.2 Å². The van der Waals surface area contributed by atoms with Crippen molar-refractivity contribution < 1.29 is 9.59 Å². The van der Waals surface area contributed by atoms with Gasteiger partial charge in [0.05, 0.1) is 6.04 Å². The minimum Gasteiger partial charge on any atom is -0.333 e. The van der Waals surface area contributed by atoms with E-state index in [1.54, 1.807) is 0 Å². The Hall–Kier alpha value is -1.38. The van der Waals surface area contributed by atoms with E-state index in [2.05, 4.69) is 0 Å². The SMILES string of the molecule is O=C/C1=C/C(=O)N2CCCC2/C=C\C1. The molecule has 0 aromatic heterocycles. The van der Waals surface area contributed by atoms with Crippen molar-refractivity contribution in [2.75, 3.05) is 6.54 Å². The Balaban J connectivity index is 2.25. The largest absolute Gasteiger partial charge is 0.333 e. The lowest BCUT2D eigenvalue weighted by molar-refractivity contribution is -0.126. The lowest BCUT2D eigenvalue weighted by Gasteiger charge is -2.22. The quantitative estimate of drug-likeness (QED) is 0.459. The summed E-state index contributed by atoms with van der Waals surface area (Å²) in [5, 5.41) is 0. The van der Waals surface area contributed by atoms with Crippen LogP contribution in [0.1, 0.15) is 19.3 Å². The van der Waals surface area contributed by atoms with E-state index in [4.69, 9.17) is 0 Å². The number of hydrogen-bond acceptors (Lipinski definition) is 2. The van der Waals surface area contributed by atoms with E-state index in [9.17, 15) is 9.59 Å². The molecule has 1 unspecified atom stereocenters. The fourth-order valence-corrected chi connectivity index (χ4v) is 2.01. The number of amides is 1. The molecular weight excluding hydrogens is 178 g/mol. The second kappa shape index (κ2) is 3.78. The van der Waals surface area contributed by atoms with Gasteiger partial charge in [0.15, 0.2) is 0 Å². The molecule has 0 bridgehead atoms. The van der Waals surface area contributed by atoms with Crippen LogP contribution >= 0.6 is 0 Å². The Labute approximate surface area is 83.1 Å². The molecule has 74 valence electrons. The van der Waals surface area contributed by atoms with Crippen molar-refractivity contribution in [1.29, 1.82) is 0 Å². The van der Waals surface area contributed by atoms with E-state index in [1.807, 2.05) is 17.1 Å². The number of carbonyl (C=O) groups is 2. The van der Waals surface area contributed by atoms with Crippen LogP contribution in [0.5, 0.6) is 0 Å². The first kappa shape index (κ1) is 9.19. The molecule has 2 aliphatic heterocycles. The summed E-state index contributed by atoms with van der Waals surface area (Å²) in [5.74, 6) is -0.0149. The maximum Gasteiger partial charge on any atom is 0.247 e. The van der Waals surface area contributed by atoms with Gasteiger partial charge in [-0.2, -0.15) is 0 Å². The Bertz CT molecular complexity index is 317. The molecule has 0 N–H and O–H groups in total. The molecular formula is C11H13NO2. The number of rotatable bonds is 1. The molecule has 2 heterocycles. The highest BCUT2D eigenvalue weighted by Crippen LogP contribution is 2.21. The van der Waals surface area contributed by atoms with E-state index in [1.165, 1.54) is 6.08 Å². The number of aldehydes is 1. The minimum absolute atomic E-state index is 0.0149. The van der Waals surface area contributed by atoms with Crippen molar-refractivity contribution in [1.82, 2.24) is 4.90 Å². The van der Waals surface area contributed by atoms with Crippen LogP contribution in [0.4, 0.5) is 0 Å². The number of carbonyl (C=O) groups excluding carboxylic acids is 2. The van der Waals surface area contributed by atoms with Gasteiger partial charge in [-0.15, -0.1) is 0 Å². The average Bonchev–Trinajstić information content (AvgIpc) is 2.61. The molecule has 2 aliphatic rings. The van der Waals surface area contributed by atoms with E-state index < -0.39 is 0 Å². The number of hydrogen-bond donors (Lipinski definition) is 0. The summed E-state index contributed by atoms with van der Waals surface area (Å²) >= 11 is 0. The molecule has 0 radical (unpaired) electrons. The van der Waals surface area contributed by atoms with Gasteiger partial charge < -0.3 is 4.90 Å². The highest BCUT2D eigenvalue weighted by molar-refractivity contribution is 5.94. The summed E-state index contributed by atoms with van der Waals surface area (Å²) in [5.41, 5.74) is 0.566. The predicted molar refractivity (Wildman–Crippen MR) is 52.6 cm³/mol. The van der Waals surface area contributed by atoms with Crippen molar-refractivity contribution in [3.05, 3.63) is 23.8 Å². The van der Waals surface area contributed by atoms with Crippen molar-refractivity contribution in [2.45, 2.75) is 25.3 Å². The molecule has 1 saturated heterocycles. The van der Waals surface area contributed by atoms with Crippen LogP contribution in [0.2, 0.25) is 0 Å². The highest BCUT2D eigenvalue weighted by atomic mass is 16.2. The lowest BCUT2D eigenvalue weighted by Crippen LogP contribution is -2.33. The predicted octanol–water partition coefficient (Wildman–Crippen LogP) is 1.06. The number of fused-ring (bicyclic) bond motifs is 1. The Morgan fingerprint density at radius 1 is 1.50 bits per heavy atom. The first-order valence-electron chi connectivity index (χ1n) is 4.94. The Morgan fingerprint density at radius 2 is 2.36 bits per heavy atom. The molecule has 0 spiro atoms. The maximum absolute atomic E-state index is 11.7. The molecule has 0 saturated carbocycles. The first-order chi connectivity index (χ1) is 6.81. The van der Waals surface area contributed by atoms with Crippen LogP contribution in [-0.4, -0.2) is 29.7 Å². The number of allylic oxidation sites excluding steroid dienone is 2. The number of nitrogens with zero attached hydrogens (tertiary/aromatic N) is 1. The van der Waals surface area contributed by atoms with Gasteiger partial charge in [0, 0.05) is 18.2 Å². The molecule has 14 heavy (non-hydrogen) atoms. The zero-order valence-corrected chi connectivity index (χ0v) is 7.98. The summed E-state index contributed by atoms with van der Waals surface area (Å²) in [6.45, 7) is 0.816. The second-order valence-electron chi connectivity index (χ2n) is 3.71. The summed E-state index contributed by atoms with van der Waals surface area (Å²) < 4.78 is 0. The molecule has 1 amide bonds. The standard InChI is InChI=1S/C11H13NO2/c13-8-9-3-1-4-10-5-2-6-12(10)11(14)7-9/h1,4,7-8,10H,2-3,5-6H2/b4-1-,9-7+. The molecule has 0 aliphatic carbocycles. The maximum atomic E-state index is 11.7. The van der Waals surface area contributed by atoms with Crippen molar-refractivity contribution in [3.63, 3.8) is 0 Å². The van der Waals surface area contributed by atoms with Gasteiger partial charge in [-0.3, -0.25) is 9.59 Å². The molecule has 1 atom stereocenters. The third-order valence-electron chi connectivity index (χ3n) is 2.75. The second-order valence-corrected chi connectivity index (χ2v) is 3.71. The van der Waals surface area contributed by atoms with Gasteiger partial charge in [-0.25, -0.2) is 0 Å². The van der Waals surface area contributed by atoms with Gasteiger partial charge in [0.1, 0.15) is 6.29 Å². The summed E-state index contributed by atoms with van der Waals surface area (Å²) in [7, 11) is 0. The molecule has 0 aromatic carbocycles. The van der Waals surface area contributed by atoms with Crippen LogP contribution in [0.15, 0.2) is 23.8 Å². The van der Waals surface area contributed by atoms with E-state index in [0.717, 1.165) is 25.7 Å². The normalized spacial score (nSPS) is 32.6. The Morgan fingerprint density at radius 3 is 3.14 bits per heavy atom. The lowest BCUT2D eigenvalue weighted by atomic mass is 10.1. The first-order valence-corrected chi connectivity index (χ1v) is 4.94. The zero-order valence-electron chi connectivity index (χ0n) is 7.98. The van der Waals surface area contributed by atoms with Crippen molar-refractivity contribution in [2.24, 2.45) is 0 Å². The fourth-order valence-electron chi connectivity index (χ4n) is 2.01. The monoisotopic (exact) mass is 191 g/mol. The van der Waals surface area contributed by atoms with Crippen LogP contribution in [0.25, 0.3) is 0 Å². The molecule has 3 heteroatoms. The molecule has 1 fully saturated rings. The summed E-state index contributed by atoms with van der Waals surface area (Å²) in [4.78, 5) is 24.1. The fraction of sp³-hybridized carbons (Fsp3) is 0.455. The third kappa shape index (κ3) is 1.62. The van der Waals surface area contributed by atoms with Crippen molar-refractivity contribution in [3.8, 4) is 0 Å². The van der Waals surface area contributed by atoms with E-state index in [-0.39, 0.29) is 11.9 Å². The third-order valence-corrected chi connectivity index (χ3v) is 2.75. The van der Waals surface area contributed by atoms with Gasteiger partial charge in [0.2, 0.25) is 5.91 Å². The van der Waals surface area contributed by atoms with Gasteiger partial charge in [0.25, 0.3) is 0 Å². The van der Waals surface area contributed by atoms with E-state index >= 15 is 0 Å². The van der Waals surface area contributed by atoms with E-state index in [0.29, 0.717) is 12.0 Å². The minimum atomic E-state index is -0.0149. The summed E-state index contributed by atoms with van der Waals surface area (Å²) in [6.07, 6.45) is 8.95. The molecule has 2 rings (SSSR count). The van der Waals surface area contributed by atoms with Gasteiger partial charge in [-0.05, 0) is 19.3 Å². The van der Waals surface area contributed by atoms with Gasteiger partial charge in [-0.1, -0.05) is 12.2 Å². The topological polar surface area (TPSA) is 37.4 Å². The summed E-state index contributed by atoms with van der Waals surface area (Å²) in [6, 6.07) is 0.256.